The zero-order valence-electron chi connectivity index (χ0n) is 9.58. The fourth-order valence-electron chi connectivity index (χ4n) is 1.50. The minimum Gasteiger partial charge on any atom is -0.262 e. The van der Waals surface area contributed by atoms with Crippen LogP contribution in [0.3, 0.4) is 0 Å². The Morgan fingerprint density at radius 2 is 2.06 bits per heavy atom. The van der Waals surface area contributed by atoms with Gasteiger partial charge in [-0.1, -0.05) is 41.9 Å². The van der Waals surface area contributed by atoms with Gasteiger partial charge < -0.3 is 0 Å². The third-order valence-electron chi connectivity index (χ3n) is 2.56. The van der Waals surface area contributed by atoms with E-state index in [4.69, 9.17) is 0 Å². The normalized spacial score (nSPS) is 11.1. The maximum atomic E-state index is 4.49. The second kappa shape index (κ2) is 4.37. The molecule has 0 unspecified atom stereocenters. The van der Waals surface area contributed by atoms with Crippen LogP contribution >= 0.6 is 15.9 Å². The fraction of sp³-hybridized carbons (Fsp3) is 0.333. The molecule has 0 aliphatic carbocycles. The second-order valence-electron chi connectivity index (χ2n) is 4.11. The van der Waals surface area contributed by atoms with Gasteiger partial charge in [-0.2, -0.15) is 5.10 Å². The molecule has 0 bridgehead atoms. The van der Waals surface area contributed by atoms with Crippen molar-refractivity contribution < 1.29 is 0 Å². The molecule has 1 aromatic heterocycles. The first kappa shape index (κ1) is 11.3. The van der Waals surface area contributed by atoms with Gasteiger partial charge in [-0.3, -0.25) is 5.10 Å². The number of aromatic amines is 1. The van der Waals surface area contributed by atoms with E-state index in [1.54, 1.807) is 0 Å². The van der Waals surface area contributed by atoms with Crippen LogP contribution in [-0.2, 0) is 0 Å². The van der Waals surface area contributed by atoms with Crippen LogP contribution < -0.4 is 0 Å². The molecule has 2 aromatic rings. The van der Waals surface area contributed by atoms with Gasteiger partial charge in [-0.25, -0.2) is 4.98 Å². The Labute approximate surface area is 103 Å². The SMILES string of the molecule is Cc1c(Br)cccc1-c1n[nH]c(C(C)C)n1. The lowest BCUT2D eigenvalue weighted by molar-refractivity contribution is 0.781. The van der Waals surface area contributed by atoms with Crippen LogP contribution in [-0.4, -0.2) is 15.2 Å². The van der Waals surface area contributed by atoms with Crippen LogP contribution in [0.1, 0.15) is 31.2 Å². The predicted molar refractivity (Wildman–Crippen MR) is 68.3 cm³/mol. The molecule has 0 aliphatic heterocycles. The van der Waals surface area contributed by atoms with Crippen molar-refractivity contribution in [3.8, 4) is 11.4 Å². The lowest BCUT2D eigenvalue weighted by atomic mass is 10.1. The molecule has 84 valence electrons. The first-order valence-corrected chi connectivity index (χ1v) is 6.06. The van der Waals surface area contributed by atoms with Crippen molar-refractivity contribution >= 4 is 15.9 Å². The molecule has 0 amide bonds. The Bertz CT molecular complexity index is 503. The molecule has 0 fully saturated rings. The first-order valence-electron chi connectivity index (χ1n) is 5.27. The third kappa shape index (κ3) is 2.02. The summed E-state index contributed by atoms with van der Waals surface area (Å²) in [6.07, 6.45) is 0. The highest BCUT2D eigenvalue weighted by Crippen LogP contribution is 2.26. The quantitative estimate of drug-likeness (QED) is 0.912. The average molecular weight is 280 g/mol. The highest BCUT2D eigenvalue weighted by Gasteiger charge is 2.11. The summed E-state index contributed by atoms with van der Waals surface area (Å²) in [5.41, 5.74) is 2.23. The Balaban J connectivity index is 2.47. The van der Waals surface area contributed by atoms with Gasteiger partial charge in [-0.15, -0.1) is 0 Å². The molecule has 0 radical (unpaired) electrons. The van der Waals surface area contributed by atoms with Gasteiger partial charge in [-0.05, 0) is 18.6 Å². The van der Waals surface area contributed by atoms with E-state index in [0.29, 0.717) is 5.92 Å². The molecule has 0 atom stereocenters. The Kier molecular flexibility index (Phi) is 3.10. The van der Waals surface area contributed by atoms with Crippen molar-refractivity contribution in [3.63, 3.8) is 0 Å². The number of nitrogens with zero attached hydrogens (tertiary/aromatic N) is 2. The van der Waals surface area contributed by atoms with Gasteiger partial charge in [0.25, 0.3) is 0 Å². The lowest BCUT2D eigenvalue weighted by Crippen LogP contribution is -1.90. The topological polar surface area (TPSA) is 41.6 Å². The second-order valence-corrected chi connectivity index (χ2v) is 4.97. The van der Waals surface area contributed by atoms with E-state index in [1.807, 2.05) is 18.2 Å². The zero-order chi connectivity index (χ0) is 11.7. The van der Waals surface area contributed by atoms with E-state index in [-0.39, 0.29) is 0 Å². The largest absolute Gasteiger partial charge is 0.262 e. The summed E-state index contributed by atoms with van der Waals surface area (Å²) in [5, 5.41) is 7.23. The number of halogens is 1. The average Bonchev–Trinajstić information content (AvgIpc) is 2.71. The Morgan fingerprint density at radius 3 is 2.69 bits per heavy atom. The number of H-pyrrole nitrogens is 1. The number of rotatable bonds is 2. The standard InChI is InChI=1S/C12H14BrN3/c1-7(2)11-14-12(16-15-11)9-5-4-6-10(13)8(9)3/h4-7H,1-3H3,(H,14,15,16). The first-order chi connectivity index (χ1) is 7.59. The van der Waals surface area contributed by atoms with Crippen LogP contribution in [0.5, 0.6) is 0 Å². The molecule has 4 heteroatoms. The number of aromatic nitrogens is 3. The summed E-state index contributed by atoms with van der Waals surface area (Å²) in [4.78, 5) is 4.49. The smallest absolute Gasteiger partial charge is 0.181 e. The van der Waals surface area contributed by atoms with E-state index in [9.17, 15) is 0 Å². The maximum absolute atomic E-state index is 4.49. The minimum absolute atomic E-state index is 0.369. The fourth-order valence-corrected chi connectivity index (χ4v) is 1.87. The van der Waals surface area contributed by atoms with Gasteiger partial charge in [0, 0.05) is 16.0 Å². The van der Waals surface area contributed by atoms with E-state index >= 15 is 0 Å². The van der Waals surface area contributed by atoms with Crippen molar-refractivity contribution in [3.05, 3.63) is 34.1 Å². The summed E-state index contributed by atoms with van der Waals surface area (Å²) in [7, 11) is 0. The molecule has 1 heterocycles. The van der Waals surface area contributed by atoms with Crippen LogP contribution in [0.4, 0.5) is 0 Å². The lowest BCUT2D eigenvalue weighted by Gasteiger charge is -2.03. The summed E-state index contributed by atoms with van der Waals surface area (Å²) in [6.45, 7) is 6.25. The van der Waals surface area contributed by atoms with E-state index in [0.717, 1.165) is 27.2 Å². The summed E-state index contributed by atoms with van der Waals surface area (Å²) >= 11 is 3.51. The number of nitrogens with one attached hydrogen (secondary N) is 1. The van der Waals surface area contributed by atoms with Gasteiger partial charge in [0.2, 0.25) is 0 Å². The summed E-state index contributed by atoms with van der Waals surface area (Å²) in [5.74, 6) is 2.06. The van der Waals surface area contributed by atoms with Crippen molar-refractivity contribution in [1.29, 1.82) is 0 Å². The molecule has 2 rings (SSSR count). The molecule has 0 saturated heterocycles. The number of benzene rings is 1. The van der Waals surface area contributed by atoms with Crippen LogP contribution in [0.25, 0.3) is 11.4 Å². The van der Waals surface area contributed by atoms with Gasteiger partial charge in [0.1, 0.15) is 5.82 Å². The van der Waals surface area contributed by atoms with Gasteiger partial charge in [0.15, 0.2) is 5.82 Å². The van der Waals surface area contributed by atoms with E-state index < -0.39 is 0 Å². The van der Waals surface area contributed by atoms with Crippen molar-refractivity contribution in [2.75, 3.05) is 0 Å². The van der Waals surface area contributed by atoms with Crippen molar-refractivity contribution in [2.24, 2.45) is 0 Å². The highest BCUT2D eigenvalue weighted by atomic mass is 79.9. The summed E-state index contributed by atoms with van der Waals surface area (Å²) < 4.78 is 1.08. The molecule has 16 heavy (non-hydrogen) atoms. The maximum Gasteiger partial charge on any atom is 0.181 e. The molecular formula is C12H14BrN3. The van der Waals surface area contributed by atoms with E-state index in [2.05, 4.69) is 51.9 Å². The molecule has 1 aromatic carbocycles. The van der Waals surface area contributed by atoms with Crippen molar-refractivity contribution in [1.82, 2.24) is 15.2 Å². The van der Waals surface area contributed by atoms with Crippen molar-refractivity contribution in [2.45, 2.75) is 26.7 Å². The van der Waals surface area contributed by atoms with Gasteiger partial charge >= 0.3 is 0 Å². The zero-order valence-corrected chi connectivity index (χ0v) is 11.2. The Hall–Kier alpha value is -1.16. The molecule has 3 nitrogen and oxygen atoms in total. The molecular weight excluding hydrogens is 266 g/mol. The summed E-state index contributed by atoms with van der Waals surface area (Å²) in [6, 6.07) is 6.06. The van der Waals surface area contributed by atoms with E-state index in [1.165, 1.54) is 0 Å². The highest BCUT2D eigenvalue weighted by molar-refractivity contribution is 9.10. The number of hydrogen-bond donors (Lipinski definition) is 1. The molecule has 0 aliphatic rings. The van der Waals surface area contributed by atoms with Crippen LogP contribution in [0.15, 0.2) is 22.7 Å². The van der Waals surface area contributed by atoms with Crippen LogP contribution in [0.2, 0.25) is 0 Å². The molecule has 1 N–H and O–H groups in total. The third-order valence-corrected chi connectivity index (χ3v) is 3.42. The molecule has 0 spiro atoms. The molecule has 0 saturated carbocycles. The monoisotopic (exact) mass is 279 g/mol. The van der Waals surface area contributed by atoms with Crippen LogP contribution in [0, 0.1) is 6.92 Å². The Morgan fingerprint density at radius 1 is 1.31 bits per heavy atom. The minimum atomic E-state index is 0.369. The van der Waals surface area contributed by atoms with Gasteiger partial charge in [0.05, 0.1) is 0 Å². The number of hydrogen-bond acceptors (Lipinski definition) is 2. The predicted octanol–water partition coefficient (Wildman–Crippen LogP) is 3.67.